The van der Waals surface area contributed by atoms with E-state index in [-0.39, 0.29) is 36.5 Å². The van der Waals surface area contributed by atoms with Crippen LogP contribution in [0.5, 0.6) is 0 Å². The number of rotatable bonds is 13. The van der Waals surface area contributed by atoms with Crippen LogP contribution in [0.4, 0.5) is 9.59 Å². The molecule has 2 unspecified atom stereocenters. The molecule has 2 fully saturated rings. The molecule has 0 radical (unpaired) electrons. The number of halogens is 2. The third-order valence-electron chi connectivity index (χ3n) is 15.3. The van der Waals surface area contributed by atoms with Crippen molar-refractivity contribution in [3.05, 3.63) is 170 Å². The van der Waals surface area contributed by atoms with Crippen LogP contribution in [0, 0.1) is 18.8 Å². The number of piperidine rings is 2. The number of ether oxygens (including phenoxy) is 2. The Labute approximate surface area is 499 Å². The average Bonchev–Trinajstić information content (AvgIpc) is 3.74. The van der Waals surface area contributed by atoms with E-state index >= 15 is 0 Å². The van der Waals surface area contributed by atoms with Gasteiger partial charge in [0.15, 0.2) is 5.16 Å². The van der Waals surface area contributed by atoms with E-state index < -0.39 is 21.3 Å². The first-order valence-corrected chi connectivity index (χ1v) is 31.9. The van der Waals surface area contributed by atoms with Gasteiger partial charge in [0.1, 0.15) is 11.2 Å². The van der Waals surface area contributed by atoms with Crippen LogP contribution in [0.3, 0.4) is 0 Å². The van der Waals surface area contributed by atoms with E-state index in [4.69, 9.17) is 51.8 Å². The summed E-state index contributed by atoms with van der Waals surface area (Å²) in [7, 11) is -3.48. The zero-order chi connectivity index (χ0) is 58.3. The number of amides is 2. The lowest BCUT2D eigenvalue weighted by Crippen LogP contribution is -2.42. The number of aromatic nitrogens is 4. The Hall–Kier alpha value is -5.97. The molecule has 0 bridgehead atoms. The number of pyridine rings is 2. The Balaban J connectivity index is 0.000000202. The van der Waals surface area contributed by atoms with Crippen LogP contribution in [0.2, 0.25) is 10.0 Å². The van der Waals surface area contributed by atoms with Crippen LogP contribution in [0.15, 0.2) is 120 Å². The van der Waals surface area contributed by atoms with Gasteiger partial charge in [0.05, 0.1) is 29.9 Å². The second-order valence-electron chi connectivity index (χ2n) is 23.8. The number of hydrogen-bond donors (Lipinski definition) is 0. The summed E-state index contributed by atoms with van der Waals surface area (Å²) in [4.78, 5) is 45.0. The van der Waals surface area contributed by atoms with E-state index in [1.54, 1.807) is 16.7 Å². The molecule has 2 aliphatic heterocycles. The number of likely N-dealkylation sites (tertiary alicyclic amines) is 2. The molecule has 0 N–H and O–H groups in total. The van der Waals surface area contributed by atoms with E-state index in [0.717, 1.165) is 101 Å². The van der Waals surface area contributed by atoms with Crippen molar-refractivity contribution in [2.24, 2.45) is 11.8 Å². The molecular weight excluding hydrogens is 1110 g/mol. The molecule has 434 valence electrons. The highest BCUT2D eigenvalue weighted by Gasteiger charge is 2.38. The van der Waals surface area contributed by atoms with Crippen molar-refractivity contribution in [3.63, 3.8) is 0 Å². The molecular formula is C65H76Cl2N6O7S2. The second-order valence-corrected chi connectivity index (χ2v) is 27.4. The lowest BCUT2D eigenvalue weighted by atomic mass is 9.76. The fraction of sp³-hybridized carbons (Fsp3) is 0.431. The molecule has 4 aliphatic rings. The number of carbonyl (C=O) groups excluding carboxylic acids is 2. The average molecular weight is 1190 g/mol. The Morgan fingerprint density at radius 1 is 0.659 bits per heavy atom. The predicted molar refractivity (Wildman–Crippen MR) is 329 cm³/mol. The maximum atomic E-state index is 12.8. The van der Waals surface area contributed by atoms with Gasteiger partial charge < -0.3 is 23.8 Å². The molecule has 2 saturated heterocycles. The van der Waals surface area contributed by atoms with Crippen molar-refractivity contribution in [1.29, 1.82) is 0 Å². The third-order valence-corrected chi connectivity index (χ3v) is 17.3. The first kappa shape index (κ1) is 60.6. The molecule has 82 heavy (non-hydrogen) atoms. The monoisotopic (exact) mass is 1190 g/mol. The van der Waals surface area contributed by atoms with Crippen LogP contribution < -0.4 is 0 Å². The van der Waals surface area contributed by atoms with Crippen LogP contribution in [0.25, 0.3) is 23.3 Å². The normalized spacial score (nSPS) is 17.6. The van der Waals surface area contributed by atoms with Crippen LogP contribution in [-0.4, -0.2) is 100 Å². The number of carbonyl (C=O) groups is 2. The summed E-state index contributed by atoms with van der Waals surface area (Å²) in [6.07, 6.45) is 17.5. The van der Waals surface area contributed by atoms with Gasteiger partial charge >= 0.3 is 12.2 Å². The molecule has 0 saturated carbocycles. The molecule has 2 atom stereocenters. The summed E-state index contributed by atoms with van der Waals surface area (Å²) in [6, 6.07) is 31.0. The van der Waals surface area contributed by atoms with Crippen molar-refractivity contribution < 1.29 is 31.7 Å². The molecule has 3 aromatic carbocycles. The number of imidazole rings is 1. The van der Waals surface area contributed by atoms with E-state index in [0.29, 0.717) is 50.0 Å². The highest BCUT2D eigenvalue weighted by Crippen LogP contribution is 2.48. The summed E-state index contributed by atoms with van der Waals surface area (Å²) in [5.41, 5.74) is 11.4. The molecule has 3 aromatic heterocycles. The number of aryl methyl sites for hydroxylation is 2. The van der Waals surface area contributed by atoms with Gasteiger partial charge in [-0.1, -0.05) is 89.6 Å². The fourth-order valence-corrected chi connectivity index (χ4v) is 13.5. The highest BCUT2D eigenvalue weighted by molar-refractivity contribution is 7.99. The minimum Gasteiger partial charge on any atom is -0.444 e. The molecule has 2 aliphatic carbocycles. The first-order valence-electron chi connectivity index (χ1n) is 28.5. The molecule has 6 aromatic rings. The SMILES string of the molecule is CC(C)(C)OC(=O)N1CCC(C2c3ccc(Cl)cc3C=C(CCCOS(C)(=O)=O)c3cccnc32)CC1.Cc1cn(CCCC2=Cc3cc(Cl)ccc3C(C3CCN(C(=O)OC(C)(C)C)CC3)c3ncccc32)c(Sc2ccccc2)n1. The fourth-order valence-electron chi connectivity index (χ4n) is 11.7. The van der Waals surface area contributed by atoms with Gasteiger partial charge in [0, 0.05) is 78.1 Å². The summed E-state index contributed by atoms with van der Waals surface area (Å²) in [5.74, 6) is 0.795. The topological polar surface area (TPSA) is 146 Å². The number of hydrogen-bond acceptors (Lipinski definition) is 11. The van der Waals surface area contributed by atoms with Crippen molar-refractivity contribution in [1.82, 2.24) is 29.3 Å². The van der Waals surface area contributed by atoms with Crippen molar-refractivity contribution >= 4 is 80.6 Å². The Kier molecular flexibility index (Phi) is 19.4. The minimum atomic E-state index is -3.48. The molecule has 5 heterocycles. The lowest BCUT2D eigenvalue weighted by molar-refractivity contribution is 0.0167. The van der Waals surface area contributed by atoms with Gasteiger partial charge in [-0.2, -0.15) is 8.42 Å². The number of allylic oxidation sites excluding steroid dienone is 2. The van der Waals surface area contributed by atoms with Crippen molar-refractivity contribution in [2.45, 2.75) is 139 Å². The molecule has 13 nitrogen and oxygen atoms in total. The first-order chi connectivity index (χ1) is 39.1. The van der Waals surface area contributed by atoms with Crippen molar-refractivity contribution in [2.75, 3.05) is 39.0 Å². The molecule has 2 amide bonds. The maximum absolute atomic E-state index is 12.8. The van der Waals surface area contributed by atoms with Gasteiger partial charge in [0.2, 0.25) is 0 Å². The minimum absolute atomic E-state index is 0.0465. The van der Waals surface area contributed by atoms with Gasteiger partial charge in [-0.05, 0) is 205 Å². The predicted octanol–water partition coefficient (Wildman–Crippen LogP) is 15.6. The maximum Gasteiger partial charge on any atom is 0.410 e. The third kappa shape index (κ3) is 15.8. The van der Waals surface area contributed by atoms with E-state index in [2.05, 4.69) is 84.4 Å². The smallest absolute Gasteiger partial charge is 0.410 e. The van der Waals surface area contributed by atoms with Crippen LogP contribution in [-0.2, 0) is 30.3 Å². The number of fused-ring (bicyclic) bond motifs is 4. The lowest BCUT2D eigenvalue weighted by Gasteiger charge is -2.37. The number of benzene rings is 3. The number of nitrogens with zero attached hydrogens (tertiary/aromatic N) is 6. The zero-order valence-electron chi connectivity index (χ0n) is 48.4. The summed E-state index contributed by atoms with van der Waals surface area (Å²) in [6.45, 7) is 17.0. The molecule has 10 rings (SSSR count). The van der Waals surface area contributed by atoms with Crippen molar-refractivity contribution in [3.8, 4) is 0 Å². The summed E-state index contributed by atoms with van der Waals surface area (Å²) < 4.78 is 41.3. The largest absolute Gasteiger partial charge is 0.444 e. The second kappa shape index (κ2) is 26.3. The van der Waals surface area contributed by atoms with Gasteiger partial charge in [-0.3, -0.25) is 14.2 Å². The van der Waals surface area contributed by atoms with Crippen LogP contribution in [0.1, 0.15) is 155 Å². The quantitative estimate of drug-likeness (QED) is 0.0804. The highest BCUT2D eigenvalue weighted by atomic mass is 35.5. The summed E-state index contributed by atoms with van der Waals surface area (Å²) in [5, 5.41) is 2.41. The van der Waals surface area contributed by atoms with Gasteiger partial charge in [-0.25, -0.2) is 14.6 Å². The zero-order valence-corrected chi connectivity index (χ0v) is 51.5. The van der Waals surface area contributed by atoms with E-state index in [9.17, 15) is 18.0 Å². The standard InChI is InChI=1S/C37H41ClN4O2S.C28H35ClN2O5S/c1-25-24-42(35(40-25)45-30-11-6-5-7-12-30)19-9-10-27-22-28-23-29(38)14-15-31(28)33(34-32(27)13-8-18-39-34)26-16-20-41(21-17-26)36(43)44-37(2,3)4;1-28(2,3)36-27(32)31-14-11-19(12-15-31)25-23-10-9-22(29)18-21(23)17-20(7-6-16-35-37(4,33)34)24-8-5-13-30-26(24)25/h5-8,11-15,18,22-24,26,33H,9-10,16-17,19-21H2,1-4H3;5,8-10,13,17-19,25H,6-7,11-12,14-16H2,1-4H3. The Bertz CT molecular complexity index is 3410. The van der Waals surface area contributed by atoms with E-state index in [1.807, 2.05) is 95.2 Å². The summed E-state index contributed by atoms with van der Waals surface area (Å²) >= 11 is 14.7. The molecule has 17 heteroatoms. The Morgan fingerprint density at radius 3 is 1.60 bits per heavy atom. The van der Waals surface area contributed by atoms with E-state index in [1.165, 1.54) is 27.2 Å². The Morgan fingerprint density at radius 2 is 1.13 bits per heavy atom. The van der Waals surface area contributed by atoms with Gasteiger partial charge in [0.25, 0.3) is 10.1 Å². The van der Waals surface area contributed by atoms with Gasteiger partial charge in [-0.15, -0.1) is 0 Å². The van der Waals surface area contributed by atoms with Crippen LogP contribution >= 0.6 is 35.0 Å². The molecule has 0 spiro atoms.